The fourth-order valence-electron chi connectivity index (χ4n) is 1.69. The van der Waals surface area contributed by atoms with Gasteiger partial charge in [-0.25, -0.2) is 0 Å². The lowest BCUT2D eigenvalue weighted by Gasteiger charge is -2.31. The van der Waals surface area contributed by atoms with E-state index in [9.17, 15) is 0 Å². The van der Waals surface area contributed by atoms with E-state index in [-0.39, 0.29) is 0 Å². The third-order valence-corrected chi connectivity index (χ3v) is 2.33. The highest BCUT2D eigenvalue weighted by molar-refractivity contribution is 4.81. The third-order valence-electron chi connectivity index (χ3n) is 2.33. The standard InChI is InChI=1S/C9H20N2/c1-7(2)11-9-4-5-10-6-8(9)3/h7-11H,4-6H2,1-3H3/t8-,9-/m0/s1. The number of hydrogen-bond donors (Lipinski definition) is 2. The highest BCUT2D eigenvalue weighted by Crippen LogP contribution is 2.10. The minimum atomic E-state index is 0.626. The van der Waals surface area contributed by atoms with E-state index >= 15 is 0 Å². The van der Waals surface area contributed by atoms with Crippen molar-refractivity contribution in [1.82, 2.24) is 10.6 Å². The molecule has 0 spiro atoms. The molecule has 2 heteroatoms. The van der Waals surface area contributed by atoms with Crippen LogP contribution in [0.3, 0.4) is 0 Å². The first kappa shape index (κ1) is 9.01. The highest BCUT2D eigenvalue weighted by atomic mass is 15.0. The van der Waals surface area contributed by atoms with Crippen LogP contribution in [0.2, 0.25) is 0 Å². The van der Waals surface area contributed by atoms with E-state index in [0.29, 0.717) is 6.04 Å². The minimum Gasteiger partial charge on any atom is -0.316 e. The second kappa shape index (κ2) is 4.07. The summed E-state index contributed by atoms with van der Waals surface area (Å²) in [5.74, 6) is 0.783. The highest BCUT2D eigenvalue weighted by Gasteiger charge is 2.20. The van der Waals surface area contributed by atoms with Gasteiger partial charge >= 0.3 is 0 Å². The van der Waals surface area contributed by atoms with Gasteiger partial charge in [-0.2, -0.15) is 0 Å². The van der Waals surface area contributed by atoms with E-state index in [1.165, 1.54) is 19.5 Å². The van der Waals surface area contributed by atoms with E-state index in [1.54, 1.807) is 0 Å². The Balaban J connectivity index is 2.29. The smallest absolute Gasteiger partial charge is 0.0119 e. The molecule has 1 heterocycles. The van der Waals surface area contributed by atoms with Crippen molar-refractivity contribution in [2.75, 3.05) is 13.1 Å². The van der Waals surface area contributed by atoms with Crippen molar-refractivity contribution in [1.29, 1.82) is 0 Å². The van der Waals surface area contributed by atoms with Gasteiger partial charge in [0.2, 0.25) is 0 Å². The van der Waals surface area contributed by atoms with Gasteiger partial charge in [0.1, 0.15) is 0 Å². The van der Waals surface area contributed by atoms with Crippen LogP contribution in [0, 0.1) is 5.92 Å². The van der Waals surface area contributed by atoms with Crippen molar-refractivity contribution in [3.63, 3.8) is 0 Å². The predicted molar refractivity (Wildman–Crippen MR) is 48.7 cm³/mol. The summed E-state index contributed by atoms with van der Waals surface area (Å²) >= 11 is 0. The van der Waals surface area contributed by atoms with Crippen molar-refractivity contribution in [3.05, 3.63) is 0 Å². The van der Waals surface area contributed by atoms with Gasteiger partial charge in [-0.3, -0.25) is 0 Å². The molecule has 0 amide bonds. The Morgan fingerprint density at radius 1 is 1.45 bits per heavy atom. The van der Waals surface area contributed by atoms with Gasteiger partial charge in [-0.05, 0) is 25.4 Å². The molecule has 0 saturated carbocycles. The molecule has 2 nitrogen and oxygen atoms in total. The molecule has 1 aliphatic heterocycles. The Kier molecular flexibility index (Phi) is 3.34. The molecule has 0 unspecified atom stereocenters. The first-order valence-electron chi connectivity index (χ1n) is 4.67. The van der Waals surface area contributed by atoms with Crippen molar-refractivity contribution in [3.8, 4) is 0 Å². The van der Waals surface area contributed by atoms with Crippen molar-refractivity contribution >= 4 is 0 Å². The second-order valence-corrected chi connectivity index (χ2v) is 3.90. The summed E-state index contributed by atoms with van der Waals surface area (Å²) in [4.78, 5) is 0. The first-order chi connectivity index (χ1) is 5.20. The Morgan fingerprint density at radius 3 is 2.73 bits per heavy atom. The zero-order chi connectivity index (χ0) is 8.27. The zero-order valence-corrected chi connectivity index (χ0v) is 7.85. The van der Waals surface area contributed by atoms with E-state index in [1.807, 2.05) is 0 Å². The fourth-order valence-corrected chi connectivity index (χ4v) is 1.69. The summed E-state index contributed by atoms with van der Waals surface area (Å²) in [7, 11) is 0. The molecule has 2 N–H and O–H groups in total. The molecular weight excluding hydrogens is 136 g/mol. The van der Waals surface area contributed by atoms with Gasteiger partial charge in [0.05, 0.1) is 0 Å². The van der Waals surface area contributed by atoms with Crippen LogP contribution in [0.25, 0.3) is 0 Å². The van der Waals surface area contributed by atoms with Crippen LogP contribution >= 0.6 is 0 Å². The van der Waals surface area contributed by atoms with E-state index in [0.717, 1.165) is 12.0 Å². The average molecular weight is 156 g/mol. The fraction of sp³-hybridized carbons (Fsp3) is 1.00. The summed E-state index contributed by atoms with van der Waals surface area (Å²) < 4.78 is 0. The number of rotatable bonds is 2. The summed E-state index contributed by atoms with van der Waals surface area (Å²) in [5.41, 5.74) is 0. The SMILES string of the molecule is CC(C)N[C@H]1CCNC[C@@H]1C. The topological polar surface area (TPSA) is 24.1 Å². The Bertz CT molecular complexity index is 112. The largest absolute Gasteiger partial charge is 0.316 e. The molecule has 66 valence electrons. The van der Waals surface area contributed by atoms with Crippen LogP contribution in [0.5, 0.6) is 0 Å². The molecule has 0 aromatic carbocycles. The lowest BCUT2D eigenvalue weighted by Crippen LogP contribution is -2.48. The van der Waals surface area contributed by atoms with Crippen LogP contribution in [-0.4, -0.2) is 25.2 Å². The van der Waals surface area contributed by atoms with Crippen LogP contribution in [0.4, 0.5) is 0 Å². The lowest BCUT2D eigenvalue weighted by atomic mass is 9.95. The molecule has 2 atom stereocenters. The van der Waals surface area contributed by atoms with Gasteiger partial charge in [0, 0.05) is 12.1 Å². The van der Waals surface area contributed by atoms with Gasteiger partial charge in [-0.1, -0.05) is 20.8 Å². The Labute approximate surface area is 69.8 Å². The van der Waals surface area contributed by atoms with Crippen LogP contribution in [0.15, 0.2) is 0 Å². The van der Waals surface area contributed by atoms with Crippen molar-refractivity contribution in [2.45, 2.75) is 39.3 Å². The molecule has 11 heavy (non-hydrogen) atoms. The molecule has 1 rings (SSSR count). The van der Waals surface area contributed by atoms with Crippen LogP contribution in [-0.2, 0) is 0 Å². The normalized spacial score (nSPS) is 32.7. The van der Waals surface area contributed by atoms with Gasteiger partial charge in [0.25, 0.3) is 0 Å². The third kappa shape index (κ3) is 2.80. The summed E-state index contributed by atoms with van der Waals surface area (Å²) in [6.07, 6.45) is 1.28. The molecule has 1 fully saturated rings. The maximum atomic E-state index is 3.59. The number of hydrogen-bond acceptors (Lipinski definition) is 2. The molecule has 0 aromatic heterocycles. The first-order valence-corrected chi connectivity index (χ1v) is 4.67. The quantitative estimate of drug-likeness (QED) is 0.623. The predicted octanol–water partition coefficient (Wildman–Crippen LogP) is 0.982. The monoisotopic (exact) mass is 156 g/mol. The number of nitrogens with one attached hydrogen (secondary N) is 2. The summed E-state index contributed by atoms with van der Waals surface area (Å²) in [6, 6.07) is 1.36. The Hall–Kier alpha value is -0.0800. The zero-order valence-electron chi connectivity index (χ0n) is 7.85. The molecule has 1 saturated heterocycles. The van der Waals surface area contributed by atoms with Gasteiger partial charge in [0.15, 0.2) is 0 Å². The molecule has 0 aromatic rings. The Morgan fingerprint density at radius 2 is 2.18 bits per heavy atom. The molecule has 1 aliphatic rings. The number of piperidine rings is 1. The van der Waals surface area contributed by atoms with Crippen LogP contribution < -0.4 is 10.6 Å². The molecular formula is C9H20N2. The molecule has 0 aliphatic carbocycles. The lowest BCUT2D eigenvalue weighted by molar-refractivity contribution is 0.282. The average Bonchev–Trinajstić information content (AvgIpc) is 1.93. The van der Waals surface area contributed by atoms with E-state index < -0.39 is 0 Å². The summed E-state index contributed by atoms with van der Waals surface area (Å²) in [5, 5.41) is 6.99. The van der Waals surface area contributed by atoms with Gasteiger partial charge < -0.3 is 10.6 Å². The second-order valence-electron chi connectivity index (χ2n) is 3.90. The van der Waals surface area contributed by atoms with Crippen molar-refractivity contribution in [2.24, 2.45) is 5.92 Å². The minimum absolute atomic E-state index is 0.626. The van der Waals surface area contributed by atoms with E-state index in [4.69, 9.17) is 0 Å². The molecule has 0 radical (unpaired) electrons. The molecule has 0 bridgehead atoms. The van der Waals surface area contributed by atoms with Gasteiger partial charge in [-0.15, -0.1) is 0 Å². The van der Waals surface area contributed by atoms with E-state index in [2.05, 4.69) is 31.4 Å². The maximum absolute atomic E-state index is 3.59. The summed E-state index contributed by atoms with van der Waals surface area (Å²) in [6.45, 7) is 9.09. The van der Waals surface area contributed by atoms with Crippen molar-refractivity contribution < 1.29 is 0 Å². The maximum Gasteiger partial charge on any atom is 0.0119 e. The van der Waals surface area contributed by atoms with Crippen LogP contribution in [0.1, 0.15) is 27.2 Å².